The van der Waals surface area contributed by atoms with Crippen molar-refractivity contribution in [2.75, 3.05) is 17.2 Å². The summed E-state index contributed by atoms with van der Waals surface area (Å²) in [5.74, 6) is -2.08. The van der Waals surface area contributed by atoms with Gasteiger partial charge in [-0.1, -0.05) is 6.07 Å². The van der Waals surface area contributed by atoms with Crippen LogP contribution in [0.4, 0.5) is 20.2 Å². The van der Waals surface area contributed by atoms with E-state index in [0.29, 0.717) is 5.69 Å². The van der Waals surface area contributed by atoms with Gasteiger partial charge >= 0.3 is 0 Å². The van der Waals surface area contributed by atoms with Crippen molar-refractivity contribution in [2.24, 2.45) is 0 Å². The summed E-state index contributed by atoms with van der Waals surface area (Å²) in [6.07, 6.45) is 2.09. The molecule has 1 heterocycles. The summed E-state index contributed by atoms with van der Waals surface area (Å²) in [5, 5.41) is 5.91. The Balaban J connectivity index is 1.81. The van der Waals surface area contributed by atoms with Gasteiger partial charge in [0.15, 0.2) is 0 Å². The first-order valence-corrected chi connectivity index (χ1v) is 6.76. The second kappa shape index (κ2) is 5.52. The first kappa shape index (κ1) is 13.5. The maximum atomic E-state index is 13.1. The molecule has 2 N–H and O–H groups in total. The standard InChI is InChI=1S/C16H14F2N2O/c17-12-6-11(7-13(18)8-12)16(21)20-14-4-3-10-2-1-5-19-15(10)9-14/h3-4,6-9,19H,1-2,5H2,(H,20,21). The lowest BCUT2D eigenvalue weighted by molar-refractivity contribution is 0.102. The Labute approximate surface area is 121 Å². The van der Waals surface area contributed by atoms with Crippen molar-refractivity contribution < 1.29 is 13.6 Å². The molecule has 0 atom stereocenters. The summed E-state index contributed by atoms with van der Waals surface area (Å²) in [7, 11) is 0. The molecule has 0 bridgehead atoms. The van der Waals surface area contributed by atoms with Gasteiger partial charge in [-0.05, 0) is 42.7 Å². The van der Waals surface area contributed by atoms with E-state index >= 15 is 0 Å². The number of carbonyl (C=O) groups excluding carboxylic acids is 1. The third kappa shape index (κ3) is 3.02. The molecule has 2 aromatic rings. The van der Waals surface area contributed by atoms with Crippen molar-refractivity contribution in [1.29, 1.82) is 0 Å². The van der Waals surface area contributed by atoms with Crippen LogP contribution >= 0.6 is 0 Å². The quantitative estimate of drug-likeness (QED) is 0.887. The van der Waals surface area contributed by atoms with Crippen LogP contribution in [0.15, 0.2) is 36.4 Å². The van der Waals surface area contributed by atoms with E-state index in [2.05, 4.69) is 10.6 Å². The summed E-state index contributed by atoms with van der Waals surface area (Å²) in [5.41, 5.74) is 2.75. The van der Waals surface area contributed by atoms with Gasteiger partial charge in [-0.15, -0.1) is 0 Å². The fraction of sp³-hybridized carbons (Fsp3) is 0.188. The van der Waals surface area contributed by atoms with Crippen LogP contribution in [-0.4, -0.2) is 12.5 Å². The molecule has 1 aliphatic heterocycles. The molecule has 0 aromatic heterocycles. The van der Waals surface area contributed by atoms with E-state index in [1.807, 2.05) is 12.1 Å². The molecule has 0 unspecified atom stereocenters. The van der Waals surface area contributed by atoms with Crippen LogP contribution in [0.1, 0.15) is 22.3 Å². The summed E-state index contributed by atoms with van der Waals surface area (Å²) in [4.78, 5) is 12.0. The second-order valence-corrected chi connectivity index (χ2v) is 5.01. The first-order valence-electron chi connectivity index (χ1n) is 6.76. The zero-order valence-corrected chi connectivity index (χ0v) is 11.2. The monoisotopic (exact) mass is 288 g/mol. The first-order chi connectivity index (χ1) is 10.1. The number of aryl methyl sites for hydroxylation is 1. The Morgan fingerprint density at radius 3 is 2.62 bits per heavy atom. The fourth-order valence-corrected chi connectivity index (χ4v) is 2.43. The molecule has 5 heteroatoms. The molecule has 1 aliphatic rings. The molecule has 0 aliphatic carbocycles. The van der Waals surface area contributed by atoms with Crippen molar-refractivity contribution in [2.45, 2.75) is 12.8 Å². The number of fused-ring (bicyclic) bond motifs is 1. The minimum absolute atomic E-state index is 0.0434. The Kier molecular flexibility index (Phi) is 3.56. The van der Waals surface area contributed by atoms with Crippen LogP contribution in [0.3, 0.4) is 0 Å². The number of carbonyl (C=O) groups is 1. The van der Waals surface area contributed by atoms with Crippen molar-refractivity contribution in [3.05, 3.63) is 59.2 Å². The van der Waals surface area contributed by atoms with Gasteiger partial charge in [-0.2, -0.15) is 0 Å². The van der Waals surface area contributed by atoms with E-state index in [1.54, 1.807) is 6.07 Å². The van der Waals surface area contributed by atoms with Gasteiger partial charge < -0.3 is 10.6 Å². The number of amides is 1. The Bertz CT molecular complexity index is 680. The lowest BCUT2D eigenvalue weighted by Gasteiger charge is -2.18. The van der Waals surface area contributed by atoms with Gasteiger partial charge in [0.05, 0.1) is 0 Å². The molecule has 0 fully saturated rings. The largest absolute Gasteiger partial charge is 0.385 e. The smallest absolute Gasteiger partial charge is 0.255 e. The Morgan fingerprint density at radius 1 is 1.10 bits per heavy atom. The number of halogens is 2. The van der Waals surface area contributed by atoms with Crippen LogP contribution in [0.5, 0.6) is 0 Å². The van der Waals surface area contributed by atoms with Gasteiger partial charge in [0.1, 0.15) is 11.6 Å². The van der Waals surface area contributed by atoms with Crippen molar-refractivity contribution in [3.63, 3.8) is 0 Å². The summed E-state index contributed by atoms with van der Waals surface area (Å²) in [6.45, 7) is 0.902. The second-order valence-electron chi connectivity index (χ2n) is 5.01. The normalized spacial score (nSPS) is 13.2. The van der Waals surface area contributed by atoms with Crippen molar-refractivity contribution >= 4 is 17.3 Å². The third-order valence-electron chi connectivity index (χ3n) is 3.43. The number of hydrogen-bond acceptors (Lipinski definition) is 2. The van der Waals surface area contributed by atoms with Crippen LogP contribution in [0.25, 0.3) is 0 Å². The maximum absolute atomic E-state index is 13.1. The molecule has 3 nitrogen and oxygen atoms in total. The van der Waals surface area contributed by atoms with Crippen LogP contribution < -0.4 is 10.6 Å². The highest BCUT2D eigenvalue weighted by Gasteiger charge is 2.12. The lowest BCUT2D eigenvalue weighted by Crippen LogP contribution is -2.15. The highest BCUT2D eigenvalue weighted by atomic mass is 19.1. The average Bonchev–Trinajstić information content (AvgIpc) is 2.46. The predicted octanol–water partition coefficient (Wildman–Crippen LogP) is 3.58. The third-order valence-corrected chi connectivity index (χ3v) is 3.43. The molecular formula is C16H14F2N2O. The van der Waals surface area contributed by atoms with E-state index in [0.717, 1.165) is 43.3 Å². The summed E-state index contributed by atoms with van der Waals surface area (Å²) in [6, 6.07) is 8.33. The highest BCUT2D eigenvalue weighted by molar-refractivity contribution is 6.04. The topological polar surface area (TPSA) is 41.1 Å². The van der Waals surface area contributed by atoms with Gasteiger partial charge in [0.2, 0.25) is 0 Å². The highest BCUT2D eigenvalue weighted by Crippen LogP contribution is 2.25. The van der Waals surface area contributed by atoms with E-state index in [9.17, 15) is 13.6 Å². The molecule has 1 amide bonds. The molecule has 21 heavy (non-hydrogen) atoms. The lowest BCUT2D eigenvalue weighted by atomic mass is 10.0. The zero-order valence-electron chi connectivity index (χ0n) is 11.2. The van der Waals surface area contributed by atoms with Crippen LogP contribution in [0, 0.1) is 11.6 Å². The molecule has 0 saturated heterocycles. The average molecular weight is 288 g/mol. The van der Waals surface area contributed by atoms with E-state index in [1.165, 1.54) is 5.56 Å². The van der Waals surface area contributed by atoms with Gasteiger partial charge in [0.25, 0.3) is 5.91 Å². The molecular weight excluding hydrogens is 274 g/mol. The van der Waals surface area contributed by atoms with E-state index in [4.69, 9.17) is 0 Å². The number of rotatable bonds is 2. The predicted molar refractivity (Wildman–Crippen MR) is 77.6 cm³/mol. The van der Waals surface area contributed by atoms with Crippen LogP contribution in [-0.2, 0) is 6.42 Å². The molecule has 2 aromatic carbocycles. The SMILES string of the molecule is O=C(Nc1ccc2c(c1)NCCC2)c1cc(F)cc(F)c1. The van der Waals surface area contributed by atoms with Gasteiger partial charge in [0, 0.05) is 29.5 Å². The van der Waals surface area contributed by atoms with Crippen molar-refractivity contribution in [1.82, 2.24) is 0 Å². The maximum Gasteiger partial charge on any atom is 0.255 e. The number of benzene rings is 2. The van der Waals surface area contributed by atoms with Crippen molar-refractivity contribution in [3.8, 4) is 0 Å². The minimum Gasteiger partial charge on any atom is -0.385 e. The van der Waals surface area contributed by atoms with Gasteiger partial charge in [-0.3, -0.25) is 4.79 Å². The number of anilines is 2. The minimum atomic E-state index is -0.771. The molecule has 0 radical (unpaired) electrons. The van der Waals surface area contributed by atoms with Crippen LogP contribution in [0.2, 0.25) is 0 Å². The Morgan fingerprint density at radius 2 is 1.86 bits per heavy atom. The molecule has 0 saturated carbocycles. The summed E-state index contributed by atoms with van der Waals surface area (Å²) >= 11 is 0. The zero-order chi connectivity index (χ0) is 14.8. The fourth-order valence-electron chi connectivity index (χ4n) is 2.43. The van der Waals surface area contributed by atoms with E-state index in [-0.39, 0.29) is 5.56 Å². The summed E-state index contributed by atoms with van der Waals surface area (Å²) < 4.78 is 26.2. The number of hydrogen-bond donors (Lipinski definition) is 2. The number of nitrogens with one attached hydrogen (secondary N) is 2. The molecule has 3 rings (SSSR count). The molecule has 108 valence electrons. The molecule has 0 spiro atoms. The Hall–Kier alpha value is -2.43. The van der Waals surface area contributed by atoms with E-state index < -0.39 is 17.5 Å². The van der Waals surface area contributed by atoms with Gasteiger partial charge in [-0.25, -0.2) is 8.78 Å².